The molecule has 192 valence electrons. The summed E-state index contributed by atoms with van der Waals surface area (Å²) in [7, 11) is 1.60. The Morgan fingerprint density at radius 3 is 2.51 bits per heavy atom. The van der Waals surface area contributed by atoms with Crippen molar-refractivity contribution in [3.63, 3.8) is 0 Å². The molecule has 2 aromatic heterocycles. The Morgan fingerprint density at radius 1 is 1.16 bits per heavy atom. The van der Waals surface area contributed by atoms with Crippen LogP contribution in [0.4, 0.5) is 17.6 Å². The molecule has 2 aromatic carbocycles. The van der Waals surface area contributed by atoms with E-state index >= 15 is 4.39 Å². The van der Waals surface area contributed by atoms with E-state index in [1.165, 1.54) is 16.9 Å². The van der Waals surface area contributed by atoms with Crippen LogP contribution >= 0.6 is 11.6 Å². The zero-order valence-electron chi connectivity index (χ0n) is 19.1. The number of fused-ring (bicyclic) bond motifs is 1. The number of amides is 2. The van der Waals surface area contributed by atoms with Crippen molar-refractivity contribution in [1.29, 1.82) is 0 Å². The van der Waals surface area contributed by atoms with Gasteiger partial charge in [-0.2, -0.15) is 18.0 Å². The van der Waals surface area contributed by atoms with E-state index in [9.17, 15) is 22.8 Å². The fourth-order valence-electron chi connectivity index (χ4n) is 4.03. The first-order chi connectivity index (χ1) is 17.5. The van der Waals surface area contributed by atoms with Gasteiger partial charge in [0.2, 0.25) is 11.7 Å². The number of aryl methyl sites for hydroxylation is 1. The topological polar surface area (TPSA) is 107 Å². The number of carbonyl (C=O) groups excluding carboxylic acids is 2. The van der Waals surface area contributed by atoms with Gasteiger partial charge in [0.1, 0.15) is 17.1 Å². The summed E-state index contributed by atoms with van der Waals surface area (Å²) in [5, 5.41) is 17.3. The van der Waals surface area contributed by atoms with E-state index in [4.69, 9.17) is 11.6 Å². The van der Waals surface area contributed by atoms with E-state index in [1.54, 1.807) is 41.2 Å². The highest BCUT2D eigenvalue weighted by Crippen LogP contribution is 2.39. The van der Waals surface area contributed by atoms with Gasteiger partial charge in [-0.05, 0) is 36.3 Å². The predicted molar refractivity (Wildman–Crippen MR) is 124 cm³/mol. The van der Waals surface area contributed by atoms with Crippen LogP contribution in [-0.4, -0.2) is 48.3 Å². The number of benzene rings is 2. The Balaban J connectivity index is 1.41. The molecular weight excluding hydrogens is 518 g/mol. The summed E-state index contributed by atoms with van der Waals surface area (Å²) >= 11 is 6.64. The smallest absolute Gasteiger partial charge is 0.350 e. The Bertz CT molecular complexity index is 1540. The Labute approximate surface area is 211 Å². The molecule has 14 heteroatoms. The summed E-state index contributed by atoms with van der Waals surface area (Å²) in [4.78, 5) is 25.0. The minimum Gasteiger partial charge on any atom is -0.350 e. The third-order valence-electron chi connectivity index (χ3n) is 6.06. The largest absolute Gasteiger partial charge is 0.471 e. The first-order valence-electron chi connectivity index (χ1n) is 11.0. The maximum Gasteiger partial charge on any atom is 0.471 e. The second kappa shape index (κ2) is 8.83. The number of halogens is 5. The highest BCUT2D eigenvalue weighted by molar-refractivity contribution is 6.38. The number of nitrogens with zero attached hydrogens (tertiary/aromatic N) is 5. The third-order valence-corrected chi connectivity index (χ3v) is 6.44. The minimum absolute atomic E-state index is 0.0583. The zero-order chi connectivity index (χ0) is 26.5. The van der Waals surface area contributed by atoms with E-state index in [-0.39, 0.29) is 30.8 Å². The maximum absolute atomic E-state index is 15.1. The first-order valence-corrected chi connectivity index (χ1v) is 11.4. The van der Waals surface area contributed by atoms with Crippen LogP contribution in [-0.2, 0) is 23.2 Å². The predicted octanol–water partition coefficient (Wildman–Crippen LogP) is 3.44. The molecule has 0 aliphatic heterocycles. The number of para-hydroxylation sites is 1. The lowest BCUT2D eigenvalue weighted by Gasteiger charge is -2.18. The van der Waals surface area contributed by atoms with E-state index in [1.807, 2.05) is 6.07 Å². The van der Waals surface area contributed by atoms with Crippen LogP contribution in [0.1, 0.15) is 18.4 Å². The number of alkyl halides is 3. The molecule has 0 atom stereocenters. The quantitative estimate of drug-likeness (QED) is 0.368. The molecular formula is C23H18ClF4N7O2. The molecule has 0 saturated heterocycles. The normalized spacial score (nSPS) is 14.5. The fraction of sp³-hybridized carbons (Fsp3) is 0.261. The number of aromatic nitrogens is 5. The van der Waals surface area contributed by atoms with Crippen molar-refractivity contribution in [3.05, 3.63) is 58.9 Å². The van der Waals surface area contributed by atoms with Crippen LogP contribution in [0.2, 0.25) is 5.02 Å². The highest BCUT2D eigenvalue weighted by Gasteiger charge is 2.54. The molecule has 5 rings (SSSR count). The summed E-state index contributed by atoms with van der Waals surface area (Å²) in [6, 6.07) is 11.5. The van der Waals surface area contributed by atoms with Crippen molar-refractivity contribution in [2.45, 2.75) is 31.1 Å². The summed E-state index contributed by atoms with van der Waals surface area (Å²) in [6.07, 6.45) is -4.99. The van der Waals surface area contributed by atoms with Gasteiger partial charge >= 0.3 is 12.1 Å². The van der Waals surface area contributed by atoms with Gasteiger partial charge in [0, 0.05) is 23.2 Å². The highest BCUT2D eigenvalue weighted by atomic mass is 35.5. The Morgan fingerprint density at radius 2 is 1.89 bits per heavy atom. The number of hydrogen-bond donors (Lipinski definition) is 2. The third kappa shape index (κ3) is 4.50. The molecule has 0 unspecified atom stereocenters. The average molecular weight is 536 g/mol. The van der Waals surface area contributed by atoms with Crippen LogP contribution in [0.25, 0.3) is 28.1 Å². The SMILES string of the molecule is Cn1nnc(-c2c(Cl)c3ccccc3n2-c2ccc(CNC(=O)C3(NC(=O)C(F)(F)F)CC3)c(F)c2)n1. The van der Waals surface area contributed by atoms with Crippen LogP contribution in [0, 0.1) is 5.82 Å². The molecule has 0 spiro atoms. The van der Waals surface area contributed by atoms with E-state index in [2.05, 4.69) is 20.7 Å². The molecule has 1 saturated carbocycles. The molecule has 0 bridgehead atoms. The molecule has 2 N–H and O–H groups in total. The monoisotopic (exact) mass is 535 g/mol. The zero-order valence-corrected chi connectivity index (χ0v) is 19.9. The van der Waals surface area contributed by atoms with Crippen LogP contribution in [0.5, 0.6) is 0 Å². The van der Waals surface area contributed by atoms with Gasteiger partial charge in [-0.25, -0.2) is 4.39 Å². The van der Waals surface area contributed by atoms with Gasteiger partial charge in [-0.1, -0.05) is 35.9 Å². The van der Waals surface area contributed by atoms with E-state index < -0.39 is 29.3 Å². The molecule has 0 radical (unpaired) electrons. The molecule has 2 heterocycles. The molecule has 37 heavy (non-hydrogen) atoms. The lowest BCUT2D eigenvalue weighted by atomic mass is 10.1. The summed E-state index contributed by atoms with van der Waals surface area (Å²) in [6.45, 7) is -0.291. The van der Waals surface area contributed by atoms with Crippen molar-refractivity contribution in [2.75, 3.05) is 0 Å². The molecule has 1 fully saturated rings. The van der Waals surface area contributed by atoms with E-state index in [0.717, 1.165) is 0 Å². The summed E-state index contributed by atoms with van der Waals surface area (Å²) < 4.78 is 54.6. The number of nitrogens with one attached hydrogen (secondary N) is 2. The lowest BCUT2D eigenvalue weighted by molar-refractivity contribution is -0.175. The minimum atomic E-state index is -5.11. The maximum atomic E-state index is 15.1. The standard InChI is InChI=1S/C23H18ClF4N7O2/c1-34-32-19(31-33-34)18-17(24)14-4-2-3-5-16(14)35(18)13-7-6-12(15(25)10-13)11-29-20(36)22(8-9-22)30-21(37)23(26,27)28/h2-7,10H,8-9,11H2,1H3,(H,29,36)(H,30,37). The van der Waals surface area contributed by atoms with Crippen molar-refractivity contribution in [3.8, 4) is 17.2 Å². The van der Waals surface area contributed by atoms with Gasteiger partial charge in [-0.15, -0.1) is 10.2 Å². The first kappa shape index (κ1) is 24.7. The van der Waals surface area contributed by atoms with Crippen molar-refractivity contribution in [1.82, 2.24) is 35.4 Å². The van der Waals surface area contributed by atoms with Crippen molar-refractivity contribution >= 4 is 34.3 Å². The average Bonchev–Trinajstić information content (AvgIpc) is 3.41. The number of carbonyl (C=O) groups is 2. The number of hydrogen-bond acceptors (Lipinski definition) is 5. The van der Waals surface area contributed by atoms with Gasteiger partial charge in [0.25, 0.3) is 0 Å². The Kier molecular flexibility index (Phi) is 5.89. The van der Waals surface area contributed by atoms with Crippen LogP contribution in [0.3, 0.4) is 0 Å². The Hall–Kier alpha value is -4.00. The second-order valence-corrected chi connectivity index (χ2v) is 8.99. The number of rotatable bonds is 6. The van der Waals surface area contributed by atoms with Gasteiger partial charge < -0.3 is 15.2 Å². The molecule has 1 aliphatic rings. The molecule has 1 aliphatic carbocycles. The lowest BCUT2D eigenvalue weighted by Crippen LogP contribution is -2.52. The molecule has 2 amide bonds. The van der Waals surface area contributed by atoms with Gasteiger partial charge in [-0.3, -0.25) is 9.59 Å². The fourth-order valence-corrected chi connectivity index (χ4v) is 4.36. The van der Waals surface area contributed by atoms with Crippen LogP contribution in [0.15, 0.2) is 42.5 Å². The summed E-state index contributed by atoms with van der Waals surface area (Å²) in [5.41, 5.74) is -0.0624. The molecule has 9 nitrogen and oxygen atoms in total. The molecule has 4 aromatic rings. The van der Waals surface area contributed by atoms with Crippen molar-refractivity contribution in [2.24, 2.45) is 7.05 Å². The number of tetrazole rings is 1. The second-order valence-electron chi connectivity index (χ2n) is 8.61. The summed E-state index contributed by atoms with van der Waals surface area (Å²) in [5.74, 6) is -3.44. The van der Waals surface area contributed by atoms with Gasteiger partial charge in [0.15, 0.2) is 0 Å². The van der Waals surface area contributed by atoms with Gasteiger partial charge in [0.05, 0.1) is 17.6 Å². The van der Waals surface area contributed by atoms with Crippen molar-refractivity contribution < 1.29 is 27.2 Å². The van der Waals surface area contributed by atoms with Crippen LogP contribution < -0.4 is 10.6 Å². The van der Waals surface area contributed by atoms with E-state index in [0.29, 0.717) is 27.3 Å².